The molecule has 18 heavy (non-hydrogen) atoms. The van der Waals surface area contributed by atoms with Gasteiger partial charge in [-0.05, 0) is 40.1 Å². The van der Waals surface area contributed by atoms with Gasteiger partial charge in [-0.3, -0.25) is 4.90 Å². The van der Waals surface area contributed by atoms with Gasteiger partial charge < -0.3 is 10.2 Å². The van der Waals surface area contributed by atoms with E-state index in [0.717, 1.165) is 19.6 Å². The molecule has 0 amide bonds. The SMILES string of the molecule is CNCC1CN(c2ccc(C)cc2)C(C)CN1C. The number of anilines is 1. The van der Waals surface area contributed by atoms with Crippen LogP contribution in [-0.4, -0.2) is 50.7 Å². The molecule has 3 heteroatoms. The predicted molar refractivity (Wildman–Crippen MR) is 78.3 cm³/mol. The lowest BCUT2D eigenvalue weighted by Crippen LogP contribution is -2.58. The van der Waals surface area contributed by atoms with Crippen LogP contribution in [0.1, 0.15) is 12.5 Å². The second-order valence-electron chi connectivity index (χ2n) is 5.49. The van der Waals surface area contributed by atoms with Crippen LogP contribution >= 0.6 is 0 Å². The lowest BCUT2D eigenvalue weighted by atomic mass is 10.1. The number of piperazine rings is 1. The van der Waals surface area contributed by atoms with Gasteiger partial charge in [0.2, 0.25) is 0 Å². The Labute approximate surface area is 111 Å². The lowest BCUT2D eigenvalue weighted by molar-refractivity contribution is 0.190. The van der Waals surface area contributed by atoms with Gasteiger partial charge in [-0.1, -0.05) is 17.7 Å². The summed E-state index contributed by atoms with van der Waals surface area (Å²) in [6, 6.07) is 10.1. The summed E-state index contributed by atoms with van der Waals surface area (Å²) in [6.45, 7) is 7.72. The molecule has 2 rings (SSSR count). The van der Waals surface area contributed by atoms with Crippen LogP contribution < -0.4 is 10.2 Å². The average Bonchev–Trinajstić information content (AvgIpc) is 2.34. The predicted octanol–water partition coefficient (Wildman–Crippen LogP) is 1.72. The molecule has 2 unspecified atom stereocenters. The molecule has 1 saturated heterocycles. The Kier molecular flexibility index (Phi) is 4.25. The Bertz CT molecular complexity index is 374. The molecule has 0 bridgehead atoms. The van der Waals surface area contributed by atoms with E-state index < -0.39 is 0 Å². The molecule has 0 saturated carbocycles. The number of aryl methyl sites for hydroxylation is 1. The van der Waals surface area contributed by atoms with Crippen molar-refractivity contribution in [1.82, 2.24) is 10.2 Å². The molecule has 1 fully saturated rings. The largest absolute Gasteiger partial charge is 0.366 e. The van der Waals surface area contributed by atoms with Crippen molar-refractivity contribution in [3.8, 4) is 0 Å². The van der Waals surface area contributed by atoms with E-state index in [1.807, 2.05) is 7.05 Å². The van der Waals surface area contributed by atoms with Crippen LogP contribution in [0.25, 0.3) is 0 Å². The number of hydrogen-bond acceptors (Lipinski definition) is 3. The van der Waals surface area contributed by atoms with Crippen LogP contribution in [0.2, 0.25) is 0 Å². The lowest BCUT2D eigenvalue weighted by Gasteiger charge is -2.45. The van der Waals surface area contributed by atoms with Gasteiger partial charge in [0.25, 0.3) is 0 Å². The van der Waals surface area contributed by atoms with Crippen molar-refractivity contribution in [2.45, 2.75) is 25.9 Å². The van der Waals surface area contributed by atoms with Crippen molar-refractivity contribution < 1.29 is 0 Å². The fraction of sp³-hybridized carbons (Fsp3) is 0.600. The first-order valence-electron chi connectivity index (χ1n) is 6.80. The van der Waals surface area contributed by atoms with Gasteiger partial charge in [-0.25, -0.2) is 0 Å². The smallest absolute Gasteiger partial charge is 0.0393 e. The quantitative estimate of drug-likeness (QED) is 0.877. The van der Waals surface area contributed by atoms with E-state index >= 15 is 0 Å². The molecule has 1 aromatic rings. The van der Waals surface area contributed by atoms with Crippen molar-refractivity contribution in [2.24, 2.45) is 0 Å². The monoisotopic (exact) mass is 247 g/mol. The Morgan fingerprint density at radius 2 is 1.89 bits per heavy atom. The van der Waals surface area contributed by atoms with Crippen LogP contribution in [0.3, 0.4) is 0 Å². The molecule has 3 nitrogen and oxygen atoms in total. The summed E-state index contributed by atoms with van der Waals surface area (Å²) in [4.78, 5) is 4.99. The van der Waals surface area contributed by atoms with E-state index in [4.69, 9.17) is 0 Å². The highest BCUT2D eigenvalue weighted by Gasteiger charge is 2.28. The third-order valence-corrected chi connectivity index (χ3v) is 3.92. The van der Waals surface area contributed by atoms with Crippen molar-refractivity contribution >= 4 is 5.69 Å². The first kappa shape index (κ1) is 13.4. The zero-order valence-corrected chi connectivity index (χ0v) is 12.0. The maximum Gasteiger partial charge on any atom is 0.0393 e. The van der Waals surface area contributed by atoms with E-state index in [1.54, 1.807) is 0 Å². The summed E-state index contributed by atoms with van der Waals surface area (Å²) in [7, 11) is 4.26. The molecule has 0 aromatic heterocycles. The maximum atomic E-state index is 3.30. The van der Waals surface area contributed by atoms with Gasteiger partial charge in [0.05, 0.1) is 0 Å². The second-order valence-corrected chi connectivity index (χ2v) is 5.49. The van der Waals surface area contributed by atoms with Crippen molar-refractivity contribution in [3.63, 3.8) is 0 Å². The zero-order valence-electron chi connectivity index (χ0n) is 12.0. The van der Waals surface area contributed by atoms with Crippen molar-refractivity contribution in [3.05, 3.63) is 29.8 Å². The summed E-state index contributed by atoms with van der Waals surface area (Å²) in [5.41, 5.74) is 2.68. The number of hydrogen-bond donors (Lipinski definition) is 1. The third-order valence-electron chi connectivity index (χ3n) is 3.92. The molecule has 1 aliphatic heterocycles. The average molecular weight is 247 g/mol. The first-order valence-corrected chi connectivity index (χ1v) is 6.80. The summed E-state index contributed by atoms with van der Waals surface area (Å²) in [5.74, 6) is 0. The van der Waals surface area contributed by atoms with Gasteiger partial charge in [0.1, 0.15) is 0 Å². The zero-order chi connectivity index (χ0) is 13.1. The van der Waals surface area contributed by atoms with Crippen LogP contribution in [0, 0.1) is 6.92 Å². The molecular formula is C15H25N3. The van der Waals surface area contributed by atoms with Crippen LogP contribution in [0.4, 0.5) is 5.69 Å². The van der Waals surface area contributed by atoms with Crippen LogP contribution in [0.15, 0.2) is 24.3 Å². The minimum Gasteiger partial charge on any atom is -0.366 e. The Balaban J connectivity index is 2.13. The summed E-state index contributed by atoms with van der Waals surface area (Å²) >= 11 is 0. The number of rotatable bonds is 3. The molecular weight excluding hydrogens is 222 g/mol. The fourth-order valence-electron chi connectivity index (χ4n) is 2.76. The topological polar surface area (TPSA) is 18.5 Å². The first-order chi connectivity index (χ1) is 8.61. The van der Waals surface area contributed by atoms with Crippen molar-refractivity contribution in [2.75, 3.05) is 38.6 Å². The minimum absolute atomic E-state index is 0.575. The molecule has 1 N–H and O–H groups in total. The minimum atomic E-state index is 0.575. The van der Waals surface area contributed by atoms with E-state index in [-0.39, 0.29) is 0 Å². The van der Waals surface area contributed by atoms with Gasteiger partial charge in [-0.2, -0.15) is 0 Å². The van der Waals surface area contributed by atoms with E-state index in [2.05, 4.69) is 60.3 Å². The summed E-state index contributed by atoms with van der Waals surface area (Å²) < 4.78 is 0. The Hall–Kier alpha value is -1.06. The third kappa shape index (κ3) is 2.85. The Morgan fingerprint density at radius 3 is 2.50 bits per heavy atom. The van der Waals surface area contributed by atoms with E-state index in [9.17, 15) is 0 Å². The highest BCUT2D eigenvalue weighted by molar-refractivity contribution is 5.49. The Morgan fingerprint density at radius 1 is 1.22 bits per heavy atom. The van der Waals surface area contributed by atoms with Gasteiger partial charge in [-0.15, -0.1) is 0 Å². The van der Waals surface area contributed by atoms with Crippen molar-refractivity contribution in [1.29, 1.82) is 0 Å². The highest BCUT2D eigenvalue weighted by Crippen LogP contribution is 2.22. The molecule has 100 valence electrons. The van der Waals surface area contributed by atoms with Crippen LogP contribution in [0.5, 0.6) is 0 Å². The van der Waals surface area contributed by atoms with Gasteiger partial charge >= 0.3 is 0 Å². The molecule has 1 heterocycles. The number of benzene rings is 1. The normalized spacial score (nSPS) is 25.4. The molecule has 1 aromatic carbocycles. The van der Waals surface area contributed by atoms with Gasteiger partial charge in [0, 0.05) is 37.4 Å². The highest BCUT2D eigenvalue weighted by atomic mass is 15.3. The van der Waals surface area contributed by atoms with E-state index in [0.29, 0.717) is 12.1 Å². The number of nitrogens with zero attached hydrogens (tertiary/aromatic N) is 2. The molecule has 1 aliphatic rings. The van der Waals surface area contributed by atoms with Crippen LogP contribution in [-0.2, 0) is 0 Å². The van der Waals surface area contributed by atoms with E-state index in [1.165, 1.54) is 11.3 Å². The maximum absolute atomic E-state index is 3.30. The standard InChI is InChI=1S/C15H25N3/c1-12-5-7-14(8-6-12)18-11-15(9-16-3)17(4)10-13(18)2/h5-8,13,15-16H,9-11H2,1-4H3. The fourth-order valence-corrected chi connectivity index (χ4v) is 2.76. The second kappa shape index (κ2) is 5.72. The van der Waals surface area contributed by atoms with Gasteiger partial charge in [0.15, 0.2) is 0 Å². The summed E-state index contributed by atoms with van der Waals surface area (Å²) in [6.07, 6.45) is 0. The molecule has 0 spiro atoms. The molecule has 0 radical (unpaired) electrons. The number of nitrogens with one attached hydrogen (secondary N) is 1. The molecule has 2 atom stereocenters. The molecule has 0 aliphatic carbocycles. The number of likely N-dealkylation sites (N-methyl/N-ethyl adjacent to an activating group) is 2. The summed E-state index contributed by atoms with van der Waals surface area (Å²) in [5, 5.41) is 3.30.